The molecule has 0 spiro atoms. The van der Waals surface area contributed by atoms with Gasteiger partial charge in [-0.15, -0.1) is 0 Å². The Labute approximate surface area is 59.8 Å². The van der Waals surface area contributed by atoms with E-state index in [4.69, 9.17) is 5.73 Å². The largest absolute Gasteiger partial charge is 0.368 e. The van der Waals surface area contributed by atoms with E-state index in [1.807, 2.05) is 0 Å². The summed E-state index contributed by atoms with van der Waals surface area (Å²) in [7, 11) is 0. The third kappa shape index (κ3) is 4.03. The third-order valence-electron chi connectivity index (χ3n) is 1.08. The van der Waals surface area contributed by atoms with Crippen molar-refractivity contribution >= 4 is 11.7 Å². The Kier molecular flexibility index (Phi) is 3.64. The molecule has 58 valence electrons. The number of rotatable bonds is 4. The van der Waals surface area contributed by atoms with E-state index in [9.17, 15) is 9.59 Å². The van der Waals surface area contributed by atoms with Crippen LogP contribution in [0.25, 0.3) is 0 Å². The van der Waals surface area contributed by atoms with Gasteiger partial charge in [-0.25, -0.2) is 0 Å². The summed E-state index contributed by atoms with van der Waals surface area (Å²) in [6.07, 6.45) is 0. The molecule has 0 radical (unpaired) electrons. The molecule has 0 aliphatic rings. The first-order valence-corrected chi connectivity index (χ1v) is 3.06. The Morgan fingerprint density at radius 2 is 2.10 bits per heavy atom. The predicted octanol–water partition coefficient (Wildman–Crippen LogP) is -0.961. The van der Waals surface area contributed by atoms with Crippen LogP contribution in [0.1, 0.15) is 13.8 Å². The van der Waals surface area contributed by atoms with Gasteiger partial charge in [0, 0.05) is 0 Å². The number of primary amides is 1. The van der Waals surface area contributed by atoms with Crippen molar-refractivity contribution in [1.29, 1.82) is 0 Å². The number of hydrogen-bond donors (Lipinski definition) is 2. The highest BCUT2D eigenvalue weighted by Crippen LogP contribution is 1.77. The van der Waals surface area contributed by atoms with E-state index in [0.717, 1.165) is 0 Å². The molecule has 1 amide bonds. The normalized spacial score (nSPS) is 12.6. The van der Waals surface area contributed by atoms with E-state index in [-0.39, 0.29) is 12.3 Å². The van der Waals surface area contributed by atoms with E-state index >= 15 is 0 Å². The molecule has 0 heterocycles. The van der Waals surface area contributed by atoms with Crippen LogP contribution in [0.5, 0.6) is 0 Å². The second-order valence-corrected chi connectivity index (χ2v) is 2.21. The number of nitrogens with one attached hydrogen (secondary N) is 1. The first-order chi connectivity index (χ1) is 4.54. The molecule has 0 fully saturated rings. The van der Waals surface area contributed by atoms with Gasteiger partial charge in [-0.2, -0.15) is 0 Å². The molecule has 0 saturated carbocycles. The van der Waals surface area contributed by atoms with Crippen molar-refractivity contribution in [2.45, 2.75) is 19.9 Å². The molecular weight excluding hydrogens is 132 g/mol. The van der Waals surface area contributed by atoms with Crippen molar-refractivity contribution in [3.63, 3.8) is 0 Å². The molecule has 10 heavy (non-hydrogen) atoms. The first-order valence-electron chi connectivity index (χ1n) is 3.06. The summed E-state index contributed by atoms with van der Waals surface area (Å²) in [5.74, 6) is -0.450. The predicted molar refractivity (Wildman–Crippen MR) is 37.3 cm³/mol. The molecule has 0 bridgehead atoms. The van der Waals surface area contributed by atoms with Crippen molar-refractivity contribution in [1.82, 2.24) is 5.32 Å². The number of hydrogen-bond acceptors (Lipinski definition) is 3. The molecule has 3 N–H and O–H groups in total. The summed E-state index contributed by atoms with van der Waals surface area (Å²) in [5.41, 5.74) is 4.91. The van der Waals surface area contributed by atoms with Crippen LogP contribution in [0.2, 0.25) is 0 Å². The zero-order chi connectivity index (χ0) is 8.15. The average Bonchev–Trinajstić information content (AvgIpc) is 1.82. The van der Waals surface area contributed by atoms with Gasteiger partial charge in [0.1, 0.15) is 5.78 Å². The fourth-order valence-electron chi connectivity index (χ4n) is 0.397. The smallest absolute Gasteiger partial charge is 0.234 e. The summed E-state index contributed by atoms with van der Waals surface area (Å²) < 4.78 is 0. The molecule has 0 aliphatic heterocycles. The lowest BCUT2D eigenvalue weighted by molar-refractivity contribution is -0.120. The fourth-order valence-corrected chi connectivity index (χ4v) is 0.397. The highest BCUT2D eigenvalue weighted by molar-refractivity contribution is 5.81. The minimum atomic E-state index is -0.443. The Hall–Kier alpha value is -0.900. The molecule has 0 unspecified atom stereocenters. The Morgan fingerprint density at radius 3 is 2.40 bits per heavy atom. The molecule has 0 aromatic rings. The topological polar surface area (TPSA) is 72.2 Å². The van der Waals surface area contributed by atoms with Crippen molar-refractivity contribution < 1.29 is 9.59 Å². The van der Waals surface area contributed by atoms with Crippen LogP contribution in [0, 0.1) is 0 Å². The van der Waals surface area contributed by atoms with E-state index in [0.29, 0.717) is 0 Å². The van der Waals surface area contributed by atoms with Gasteiger partial charge in [-0.05, 0) is 13.8 Å². The van der Waals surface area contributed by atoms with Gasteiger partial charge >= 0.3 is 0 Å². The molecular formula is C6H12N2O2. The zero-order valence-electron chi connectivity index (χ0n) is 6.18. The monoisotopic (exact) mass is 144 g/mol. The van der Waals surface area contributed by atoms with Crippen LogP contribution in [-0.2, 0) is 9.59 Å². The summed E-state index contributed by atoms with van der Waals surface area (Å²) in [5, 5.41) is 2.66. The quantitative estimate of drug-likeness (QED) is 0.533. The number of carbonyl (C=O) groups is 2. The maximum Gasteiger partial charge on any atom is 0.234 e. The summed E-state index contributed by atoms with van der Waals surface area (Å²) in [6.45, 7) is 3.26. The second-order valence-electron chi connectivity index (χ2n) is 2.21. The lowest BCUT2D eigenvalue weighted by atomic mass is 10.3. The maximum atomic E-state index is 10.4. The van der Waals surface area contributed by atoms with Crippen molar-refractivity contribution in [2.24, 2.45) is 5.73 Å². The summed E-state index contributed by atoms with van der Waals surface area (Å²) in [6, 6.07) is -0.427. The number of Topliss-reactive ketones (excluding diaryl/α,β-unsaturated/α-hetero) is 1. The molecule has 0 aromatic heterocycles. The van der Waals surface area contributed by atoms with Crippen LogP contribution >= 0.6 is 0 Å². The van der Waals surface area contributed by atoms with E-state index in [2.05, 4.69) is 5.32 Å². The number of ketones is 1. The molecule has 4 nitrogen and oxygen atoms in total. The zero-order valence-corrected chi connectivity index (χ0v) is 6.18. The fraction of sp³-hybridized carbons (Fsp3) is 0.667. The van der Waals surface area contributed by atoms with Gasteiger partial charge < -0.3 is 5.73 Å². The Morgan fingerprint density at radius 1 is 1.60 bits per heavy atom. The van der Waals surface area contributed by atoms with Crippen LogP contribution < -0.4 is 11.1 Å². The van der Waals surface area contributed by atoms with Crippen LogP contribution in [-0.4, -0.2) is 24.3 Å². The molecule has 0 aromatic carbocycles. The maximum absolute atomic E-state index is 10.4. The lowest BCUT2D eigenvalue weighted by Crippen LogP contribution is -2.40. The van der Waals surface area contributed by atoms with Crippen molar-refractivity contribution in [2.75, 3.05) is 6.54 Å². The van der Waals surface area contributed by atoms with Gasteiger partial charge in [0.05, 0.1) is 12.6 Å². The summed E-state index contributed by atoms with van der Waals surface area (Å²) >= 11 is 0. The molecule has 0 saturated heterocycles. The van der Waals surface area contributed by atoms with E-state index in [1.54, 1.807) is 6.92 Å². The highest BCUT2D eigenvalue weighted by Gasteiger charge is 2.06. The number of amides is 1. The summed E-state index contributed by atoms with van der Waals surface area (Å²) in [4.78, 5) is 20.7. The highest BCUT2D eigenvalue weighted by atomic mass is 16.1. The Balaban J connectivity index is 3.49. The van der Waals surface area contributed by atoms with E-state index < -0.39 is 11.9 Å². The third-order valence-corrected chi connectivity index (χ3v) is 1.08. The first kappa shape index (κ1) is 9.10. The van der Waals surface area contributed by atoms with Gasteiger partial charge in [0.15, 0.2) is 0 Å². The minimum absolute atomic E-state index is 0.00639. The lowest BCUT2D eigenvalue weighted by Gasteiger charge is -2.06. The Bertz CT molecular complexity index is 145. The molecule has 0 rings (SSSR count). The van der Waals surface area contributed by atoms with Crippen LogP contribution in [0.4, 0.5) is 0 Å². The van der Waals surface area contributed by atoms with Crippen molar-refractivity contribution in [3.05, 3.63) is 0 Å². The van der Waals surface area contributed by atoms with Gasteiger partial charge in [0.2, 0.25) is 5.91 Å². The standard InChI is InChI=1S/C6H12N2O2/c1-4(9)3-8-5(2)6(7)10/h5,8H,3H2,1-2H3,(H2,7,10)/t5-/m0/s1. The number of carbonyl (C=O) groups excluding carboxylic acids is 2. The van der Waals surface area contributed by atoms with Crippen LogP contribution in [0.15, 0.2) is 0 Å². The van der Waals surface area contributed by atoms with Crippen molar-refractivity contribution in [3.8, 4) is 0 Å². The van der Waals surface area contributed by atoms with Crippen LogP contribution in [0.3, 0.4) is 0 Å². The van der Waals surface area contributed by atoms with Gasteiger partial charge in [-0.1, -0.05) is 0 Å². The van der Waals surface area contributed by atoms with Gasteiger partial charge in [-0.3, -0.25) is 14.9 Å². The number of nitrogens with two attached hydrogens (primary N) is 1. The van der Waals surface area contributed by atoms with E-state index in [1.165, 1.54) is 6.92 Å². The molecule has 0 aliphatic carbocycles. The minimum Gasteiger partial charge on any atom is -0.368 e. The van der Waals surface area contributed by atoms with Gasteiger partial charge in [0.25, 0.3) is 0 Å². The molecule has 4 heteroatoms. The second kappa shape index (κ2) is 4.00. The SMILES string of the molecule is CC(=O)CN[C@@H](C)C(N)=O. The average molecular weight is 144 g/mol. The molecule has 1 atom stereocenters.